The van der Waals surface area contributed by atoms with Gasteiger partial charge >= 0.3 is 0 Å². The molecule has 1 heterocycles. The minimum atomic E-state index is 0.456. The fourth-order valence-electron chi connectivity index (χ4n) is 2.00. The van der Waals surface area contributed by atoms with Gasteiger partial charge in [0.2, 0.25) is 0 Å². The SMILES string of the molecule is CCCNC(CC1CC1)c1nccn1C. The van der Waals surface area contributed by atoms with Crippen molar-refractivity contribution in [3.63, 3.8) is 0 Å². The van der Waals surface area contributed by atoms with Gasteiger partial charge in [0.1, 0.15) is 5.82 Å². The van der Waals surface area contributed by atoms with Crippen LogP contribution in [0.5, 0.6) is 0 Å². The van der Waals surface area contributed by atoms with Crippen molar-refractivity contribution in [1.29, 1.82) is 0 Å². The van der Waals surface area contributed by atoms with Crippen molar-refractivity contribution in [2.24, 2.45) is 13.0 Å². The van der Waals surface area contributed by atoms with Crippen LogP contribution in [-0.4, -0.2) is 16.1 Å². The largest absolute Gasteiger partial charge is 0.337 e. The standard InChI is InChI=1S/C12H21N3/c1-3-6-13-11(9-10-4-5-10)12-14-7-8-15(12)2/h7-8,10-11,13H,3-6,9H2,1-2H3. The molecule has 2 rings (SSSR count). The van der Waals surface area contributed by atoms with Crippen LogP contribution in [0.2, 0.25) is 0 Å². The number of aromatic nitrogens is 2. The van der Waals surface area contributed by atoms with Crippen LogP contribution in [-0.2, 0) is 7.05 Å². The predicted molar refractivity (Wildman–Crippen MR) is 61.6 cm³/mol. The molecule has 0 saturated heterocycles. The summed E-state index contributed by atoms with van der Waals surface area (Å²) in [5, 5.41) is 3.60. The number of rotatable bonds is 6. The Bertz CT molecular complexity index is 302. The Morgan fingerprint density at radius 3 is 2.93 bits per heavy atom. The quantitative estimate of drug-likeness (QED) is 0.775. The van der Waals surface area contributed by atoms with Crippen LogP contribution in [0.3, 0.4) is 0 Å². The highest BCUT2D eigenvalue weighted by Gasteiger charge is 2.27. The van der Waals surface area contributed by atoms with Crippen molar-refractivity contribution >= 4 is 0 Å². The van der Waals surface area contributed by atoms with Crippen LogP contribution in [0.15, 0.2) is 12.4 Å². The Morgan fingerprint density at radius 2 is 2.40 bits per heavy atom. The van der Waals surface area contributed by atoms with Crippen LogP contribution in [0.1, 0.15) is 44.5 Å². The third-order valence-electron chi connectivity index (χ3n) is 3.08. The van der Waals surface area contributed by atoms with Crippen LogP contribution in [0.25, 0.3) is 0 Å². The summed E-state index contributed by atoms with van der Waals surface area (Å²) >= 11 is 0. The highest BCUT2D eigenvalue weighted by molar-refractivity contribution is 5.00. The molecule has 1 aliphatic rings. The van der Waals surface area contributed by atoms with Crippen molar-refractivity contribution in [3.8, 4) is 0 Å². The highest BCUT2D eigenvalue weighted by atomic mass is 15.1. The lowest BCUT2D eigenvalue weighted by atomic mass is 10.1. The van der Waals surface area contributed by atoms with E-state index in [-0.39, 0.29) is 0 Å². The molecule has 1 saturated carbocycles. The van der Waals surface area contributed by atoms with Gasteiger partial charge in [0.25, 0.3) is 0 Å². The Labute approximate surface area is 91.9 Å². The second-order valence-corrected chi connectivity index (χ2v) is 4.58. The van der Waals surface area contributed by atoms with Crippen LogP contribution < -0.4 is 5.32 Å². The molecular formula is C12H21N3. The molecule has 1 aromatic heterocycles. The number of hydrogen-bond acceptors (Lipinski definition) is 2. The van der Waals surface area contributed by atoms with E-state index in [1.165, 1.54) is 31.5 Å². The fourth-order valence-corrected chi connectivity index (χ4v) is 2.00. The van der Waals surface area contributed by atoms with Gasteiger partial charge in [-0.2, -0.15) is 0 Å². The molecule has 15 heavy (non-hydrogen) atoms. The van der Waals surface area contributed by atoms with Gasteiger partial charge in [-0.1, -0.05) is 19.8 Å². The van der Waals surface area contributed by atoms with E-state index in [2.05, 4.69) is 28.8 Å². The molecule has 0 amide bonds. The zero-order valence-electron chi connectivity index (χ0n) is 9.74. The monoisotopic (exact) mass is 207 g/mol. The van der Waals surface area contributed by atoms with E-state index >= 15 is 0 Å². The first-order valence-electron chi connectivity index (χ1n) is 6.02. The molecule has 1 atom stereocenters. The number of aryl methyl sites for hydroxylation is 1. The van der Waals surface area contributed by atoms with Gasteiger partial charge in [-0.3, -0.25) is 0 Å². The van der Waals surface area contributed by atoms with Gasteiger partial charge < -0.3 is 9.88 Å². The third kappa shape index (κ3) is 2.81. The van der Waals surface area contributed by atoms with Crippen LogP contribution in [0, 0.1) is 5.92 Å². The third-order valence-corrected chi connectivity index (χ3v) is 3.08. The summed E-state index contributed by atoms with van der Waals surface area (Å²) in [6, 6.07) is 0.456. The average Bonchev–Trinajstić information content (AvgIpc) is 2.95. The average molecular weight is 207 g/mol. The zero-order valence-corrected chi connectivity index (χ0v) is 9.74. The minimum Gasteiger partial charge on any atom is -0.337 e. The normalized spacial score (nSPS) is 18.0. The van der Waals surface area contributed by atoms with Crippen molar-refractivity contribution < 1.29 is 0 Å². The van der Waals surface area contributed by atoms with Gasteiger partial charge in [0.05, 0.1) is 6.04 Å². The molecule has 1 fully saturated rings. The smallest absolute Gasteiger partial charge is 0.125 e. The van der Waals surface area contributed by atoms with Gasteiger partial charge in [-0.05, 0) is 25.3 Å². The lowest BCUT2D eigenvalue weighted by Crippen LogP contribution is -2.25. The van der Waals surface area contributed by atoms with E-state index < -0.39 is 0 Å². The van der Waals surface area contributed by atoms with E-state index in [1.54, 1.807) is 0 Å². The maximum absolute atomic E-state index is 4.45. The Kier molecular flexibility index (Phi) is 3.41. The summed E-state index contributed by atoms with van der Waals surface area (Å²) in [5.41, 5.74) is 0. The molecule has 0 radical (unpaired) electrons. The van der Waals surface area contributed by atoms with Gasteiger partial charge in [-0.15, -0.1) is 0 Å². The molecule has 1 unspecified atom stereocenters. The summed E-state index contributed by atoms with van der Waals surface area (Å²) in [7, 11) is 2.08. The first kappa shape index (κ1) is 10.7. The van der Waals surface area contributed by atoms with Crippen molar-refractivity contribution in [1.82, 2.24) is 14.9 Å². The molecular weight excluding hydrogens is 186 g/mol. The lowest BCUT2D eigenvalue weighted by molar-refractivity contribution is 0.444. The van der Waals surface area contributed by atoms with E-state index in [0.29, 0.717) is 6.04 Å². The van der Waals surface area contributed by atoms with E-state index in [9.17, 15) is 0 Å². The first-order valence-corrected chi connectivity index (χ1v) is 6.02. The fraction of sp³-hybridized carbons (Fsp3) is 0.750. The van der Waals surface area contributed by atoms with E-state index in [1.807, 2.05) is 12.4 Å². The zero-order chi connectivity index (χ0) is 10.7. The Morgan fingerprint density at radius 1 is 1.60 bits per heavy atom. The molecule has 1 aromatic rings. The molecule has 84 valence electrons. The summed E-state index contributed by atoms with van der Waals surface area (Å²) in [6.07, 6.45) is 9.19. The van der Waals surface area contributed by atoms with Crippen LogP contribution in [0.4, 0.5) is 0 Å². The second-order valence-electron chi connectivity index (χ2n) is 4.58. The first-order chi connectivity index (χ1) is 7.31. The Hall–Kier alpha value is -0.830. The molecule has 1 N–H and O–H groups in total. The maximum Gasteiger partial charge on any atom is 0.125 e. The predicted octanol–water partition coefficient (Wildman–Crippen LogP) is 2.26. The van der Waals surface area contributed by atoms with E-state index in [0.717, 1.165) is 12.5 Å². The maximum atomic E-state index is 4.45. The minimum absolute atomic E-state index is 0.456. The van der Waals surface area contributed by atoms with Crippen LogP contribution >= 0.6 is 0 Å². The summed E-state index contributed by atoms with van der Waals surface area (Å²) in [5.74, 6) is 2.13. The molecule has 3 heteroatoms. The van der Waals surface area contributed by atoms with Crippen molar-refractivity contribution in [2.45, 2.75) is 38.6 Å². The number of nitrogens with one attached hydrogen (secondary N) is 1. The summed E-state index contributed by atoms with van der Waals surface area (Å²) in [4.78, 5) is 4.45. The lowest BCUT2D eigenvalue weighted by Gasteiger charge is -2.17. The highest BCUT2D eigenvalue weighted by Crippen LogP contribution is 2.37. The molecule has 0 bridgehead atoms. The van der Waals surface area contributed by atoms with E-state index in [4.69, 9.17) is 0 Å². The second kappa shape index (κ2) is 4.79. The molecule has 0 aliphatic heterocycles. The molecule has 0 spiro atoms. The topological polar surface area (TPSA) is 29.9 Å². The van der Waals surface area contributed by atoms with Gasteiger partial charge in [0, 0.05) is 19.4 Å². The van der Waals surface area contributed by atoms with Gasteiger partial charge in [0.15, 0.2) is 0 Å². The number of imidazole rings is 1. The summed E-state index contributed by atoms with van der Waals surface area (Å²) in [6.45, 7) is 3.30. The summed E-state index contributed by atoms with van der Waals surface area (Å²) < 4.78 is 2.13. The Balaban J connectivity index is 1.99. The molecule has 0 aromatic carbocycles. The van der Waals surface area contributed by atoms with Gasteiger partial charge in [-0.25, -0.2) is 4.98 Å². The number of hydrogen-bond donors (Lipinski definition) is 1. The number of nitrogens with zero attached hydrogens (tertiary/aromatic N) is 2. The van der Waals surface area contributed by atoms with Crippen molar-refractivity contribution in [2.75, 3.05) is 6.54 Å². The molecule has 1 aliphatic carbocycles. The molecule has 3 nitrogen and oxygen atoms in total. The van der Waals surface area contributed by atoms with Crippen molar-refractivity contribution in [3.05, 3.63) is 18.2 Å².